The maximum absolute atomic E-state index is 12.4. The second-order valence-corrected chi connectivity index (χ2v) is 9.68. The molecule has 4 rings (SSSR count). The van der Waals surface area contributed by atoms with E-state index < -0.39 is 6.08 Å². The van der Waals surface area contributed by atoms with Gasteiger partial charge < -0.3 is 4.74 Å². The lowest BCUT2D eigenvalue weighted by molar-refractivity contribution is -0.00607. The molecule has 2 aromatic rings. The van der Waals surface area contributed by atoms with Crippen molar-refractivity contribution in [2.75, 3.05) is 6.61 Å². The summed E-state index contributed by atoms with van der Waals surface area (Å²) in [5.74, 6) is 1.18. The highest BCUT2D eigenvalue weighted by Gasteiger charge is 2.25. The molecule has 1 heterocycles. The van der Waals surface area contributed by atoms with Gasteiger partial charge in [0.25, 0.3) is 6.08 Å². The molecule has 2 unspecified atom stereocenters. The SMILES string of the molecule is CCCCc1ccc(C2CCC(c3ccc(C4CCC(C=C(F)F)CO4)cc3)CC2)cc1. The van der Waals surface area contributed by atoms with Gasteiger partial charge in [-0.3, -0.25) is 0 Å². The van der Waals surface area contributed by atoms with Crippen molar-refractivity contribution in [1.29, 1.82) is 0 Å². The van der Waals surface area contributed by atoms with Crippen molar-refractivity contribution in [2.45, 2.75) is 82.7 Å². The first-order valence-electron chi connectivity index (χ1n) is 12.5. The smallest absolute Gasteiger partial charge is 0.266 e. The first-order chi connectivity index (χ1) is 15.6. The van der Waals surface area contributed by atoms with Gasteiger partial charge in [-0.1, -0.05) is 61.9 Å². The van der Waals surface area contributed by atoms with E-state index in [9.17, 15) is 8.78 Å². The van der Waals surface area contributed by atoms with E-state index in [-0.39, 0.29) is 12.0 Å². The second-order valence-electron chi connectivity index (χ2n) is 9.68. The van der Waals surface area contributed by atoms with Gasteiger partial charge in [0, 0.05) is 5.92 Å². The summed E-state index contributed by atoms with van der Waals surface area (Å²) >= 11 is 0. The van der Waals surface area contributed by atoms with Crippen LogP contribution in [0.25, 0.3) is 0 Å². The average molecular weight is 439 g/mol. The zero-order valence-electron chi connectivity index (χ0n) is 19.2. The van der Waals surface area contributed by atoms with Crippen LogP contribution in [-0.4, -0.2) is 6.61 Å². The van der Waals surface area contributed by atoms with Crippen molar-refractivity contribution in [2.24, 2.45) is 5.92 Å². The third kappa shape index (κ3) is 6.07. The van der Waals surface area contributed by atoms with Gasteiger partial charge in [0.05, 0.1) is 12.7 Å². The van der Waals surface area contributed by atoms with Crippen molar-refractivity contribution in [1.82, 2.24) is 0 Å². The lowest BCUT2D eigenvalue weighted by atomic mass is 9.76. The lowest BCUT2D eigenvalue weighted by Gasteiger charge is -2.30. The van der Waals surface area contributed by atoms with E-state index in [1.807, 2.05) is 0 Å². The van der Waals surface area contributed by atoms with Crippen LogP contribution >= 0.6 is 0 Å². The Bertz CT molecular complexity index is 851. The predicted octanol–water partition coefficient (Wildman–Crippen LogP) is 8.72. The molecule has 1 aliphatic heterocycles. The molecule has 2 aliphatic rings. The Morgan fingerprint density at radius 2 is 1.38 bits per heavy atom. The minimum Gasteiger partial charge on any atom is -0.373 e. The molecular formula is C29H36F2O. The van der Waals surface area contributed by atoms with Crippen molar-refractivity contribution in [3.63, 3.8) is 0 Å². The number of hydrogen-bond donors (Lipinski definition) is 0. The fourth-order valence-electron chi connectivity index (χ4n) is 5.42. The Morgan fingerprint density at radius 3 is 1.88 bits per heavy atom. The molecule has 0 bridgehead atoms. The Hall–Kier alpha value is -2.00. The molecule has 172 valence electrons. The van der Waals surface area contributed by atoms with Crippen LogP contribution in [0.15, 0.2) is 60.7 Å². The molecule has 2 aromatic carbocycles. The minimum absolute atomic E-state index is 0.0346. The van der Waals surface area contributed by atoms with E-state index in [1.54, 1.807) is 0 Å². The average Bonchev–Trinajstić information content (AvgIpc) is 2.83. The number of halogens is 2. The first kappa shape index (κ1) is 23.2. The van der Waals surface area contributed by atoms with Crippen molar-refractivity contribution in [3.05, 3.63) is 82.9 Å². The molecule has 1 saturated carbocycles. The zero-order valence-corrected chi connectivity index (χ0v) is 19.2. The summed E-state index contributed by atoms with van der Waals surface area (Å²) in [6, 6.07) is 18.3. The number of unbranched alkanes of at least 4 members (excludes halogenated alkanes) is 1. The number of hydrogen-bond acceptors (Lipinski definition) is 1. The highest BCUT2D eigenvalue weighted by molar-refractivity contribution is 5.29. The van der Waals surface area contributed by atoms with Gasteiger partial charge >= 0.3 is 0 Å². The Labute approximate surface area is 191 Å². The molecule has 0 spiro atoms. The predicted molar refractivity (Wildman–Crippen MR) is 127 cm³/mol. The summed E-state index contributed by atoms with van der Waals surface area (Å²) in [6.07, 6.45) is 9.74. The van der Waals surface area contributed by atoms with Gasteiger partial charge in [0.15, 0.2) is 0 Å². The molecule has 1 aliphatic carbocycles. The van der Waals surface area contributed by atoms with Crippen LogP contribution < -0.4 is 0 Å². The molecule has 2 fully saturated rings. The quantitative estimate of drug-likeness (QED) is 0.420. The molecule has 32 heavy (non-hydrogen) atoms. The summed E-state index contributed by atoms with van der Waals surface area (Å²) in [7, 11) is 0. The number of ether oxygens (including phenoxy) is 1. The van der Waals surface area contributed by atoms with E-state index in [0.29, 0.717) is 18.4 Å². The van der Waals surface area contributed by atoms with Crippen molar-refractivity contribution < 1.29 is 13.5 Å². The normalized spacial score (nSPS) is 26.0. The first-order valence-corrected chi connectivity index (χ1v) is 12.5. The molecular weight excluding hydrogens is 402 g/mol. The lowest BCUT2D eigenvalue weighted by Crippen LogP contribution is -2.19. The van der Waals surface area contributed by atoms with Crippen LogP contribution in [0.5, 0.6) is 0 Å². The Kier molecular flexibility index (Phi) is 8.13. The highest BCUT2D eigenvalue weighted by atomic mass is 19.3. The highest BCUT2D eigenvalue weighted by Crippen LogP contribution is 2.41. The summed E-state index contributed by atoms with van der Waals surface area (Å²) < 4.78 is 30.8. The summed E-state index contributed by atoms with van der Waals surface area (Å²) in [5.41, 5.74) is 5.58. The van der Waals surface area contributed by atoms with Gasteiger partial charge in [-0.05, 0) is 91.5 Å². The summed E-state index contributed by atoms with van der Waals surface area (Å²) in [4.78, 5) is 0. The third-order valence-electron chi connectivity index (χ3n) is 7.45. The van der Waals surface area contributed by atoms with E-state index >= 15 is 0 Å². The summed E-state index contributed by atoms with van der Waals surface area (Å²) in [6.45, 7) is 2.63. The molecule has 1 saturated heterocycles. The Morgan fingerprint density at radius 1 is 0.812 bits per heavy atom. The van der Waals surface area contributed by atoms with Crippen molar-refractivity contribution >= 4 is 0 Å². The van der Waals surface area contributed by atoms with Crippen molar-refractivity contribution in [3.8, 4) is 0 Å². The van der Waals surface area contributed by atoms with Gasteiger partial charge in [0.1, 0.15) is 0 Å². The number of benzene rings is 2. The van der Waals surface area contributed by atoms with E-state index in [0.717, 1.165) is 18.9 Å². The van der Waals surface area contributed by atoms with Crippen LogP contribution in [0.1, 0.15) is 98.5 Å². The largest absolute Gasteiger partial charge is 0.373 e. The second kappa shape index (κ2) is 11.2. The van der Waals surface area contributed by atoms with Gasteiger partial charge in [-0.15, -0.1) is 0 Å². The maximum Gasteiger partial charge on any atom is 0.266 e. The molecule has 0 amide bonds. The molecule has 2 atom stereocenters. The van der Waals surface area contributed by atoms with Crippen LogP contribution in [0.4, 0.5) is 8.78 Å². The van der Waals surface area contributed by atoms with Gasteiger partial charge in [-0.25, -0.2) is 0 Å². The van der Waals surface area contributed by atoms with Crippen LogP contribution in [-0.2, 0) is 11.2 Å². The van der Waals surface area contributed by atoms with Crippen LogP contribution in [0.3, 0.4) is 0 Å². The number of rotatable bonds is 7. The monoisotopic (exact) mass is 438 g/mol. The maximum atomic E-state index is 12.4. The molecule has 3 heteroatoms. The summed E-state index contributed by atoms with van der Waals surface area (Å²) in [5, 5.41) is 0. The van der Waals surface area contributed by atoms with Crippen LogP contribution in [0, 0.1) is 5.92 Å². The number of aryl methyl sites for hydroxylation is 1. The standard InChI is InChI=1S/C29H36F2O/c1-2-3-4-21-5-8-23(9-6-21)24-10-12-25(13-11-24)26-14-16-27(17-15-26)28-18-7-22(20-32-28)19-29(30)31/h5-6,8-9,14-17,19,22,24-25,28H,2-4,7,10-13,18,20H2,1H3. The van der Waals surface area contributed by atoms with Gasteiger partial charge in [-0.2, -0.15) is 8.78 Å². The van der Waals surface area contributed by atoms with Crippen LogP contribution in [0.2, 0.25) is 0 Å². The molecule has 0 aromatic heterocycles. The van der Waals surface area contributed by atoms with E-state index in [1.165, 1.54) is 67.2 Å². The molecule has 0 N–H and O–H groups in total. The Balaban J connectivity index is 1.27. The third-order valence-corrected chi connectivity index (χ3v) is 7.45. The molecule has 1 nitrogen and oxygen atoms in total. The molecule has 0 radical (unpaired) electrons. The topological polar surface area (TPSA) is 9.23 Å². The minimum atomic E-state index is -1.60. The van der Waals surface area contributed by atoms with Gasteiger partial charge in [0.2, 0.25) is 0 Å². The zero-order chi connectivity index (χ0) is 22.3. The van der Waals surface area contributed by atoms with E-state index in [2.05, 4.69) is 55.5 Å². The van der Waals surface area contributed by atoms with E-state index in [4.69, 9.17) is 4.74 Å². The fraction of sp³-hybridized carbons (Fsp3) is 0.517. The fourth-order valence-corrected chi connectivity index (χ4v) is 5.42.